The van der Waals surface area contributed by atoms with Crippen LogP contribution in [-0.4, -0.2) is 37.5 Å². The third-order valence-corrected chi connectivity index (χ3v) is 6.55. The first-order chi connectivity index (χ1) is 14.0. The standard InChI is InChI=1S/C24H28FNO3/c1-15-9-17(7-8-26(15)14-16-5-4-6-19(25)10-16)20-11-18-12-22(28-2)23(29-3)13-21(18)24(20)27/h4-6,10,12-13,15,17,20H,7-9,11,14H2,1-3H3. The van der Waals surface area contributed by atoms with Crippen molar-refractivity contribution in [1.82, 2.24) is 4.90 Å². The summed E-state index contributed by atoms with van der Waals surface area (Å²) in [5.74, 6) is 1.73. The zero-order valence-electron chi connectivity index (χ0n) is 17.3. The Morgan fingerprint density at radius 3 is 2.59 bits per heavy atom. The minimum Gasteiger partial charge on any atom is -0.493 e. The number of ether oxygens (including phenoxy) is 2. The molecule has 5 heteroatoms. The summed E-state index contributed by atoms with van der Waals surface area (Å²) in [5.41, 5.74) is 2.84. The number of ketones is 1. The third kappa shape index (κ3) is 3.88. The van der Waals surface area contributed by atoms with Gasteiger partial charge in [0.15, 0.2) is 17.3 Å². The van der Waals surface area contributed by atoms with E-state index in [1.165, 1.54) is 6.07 Å². The van der Waals surface area contributed by atoms with E-state index in [9.17, 15) is 9.18 Å². The number of fused-ring (bicyclic) bond motifs is 1. The predicted molar refractivity (Wildman–Crippen MR) is 110 cm³/mol. The highest BCUT2D eigenvalue weighted by atomic mass is 19.1. The zero-order valence-corrected chi connectivity index (χ0v) is 17.3. The number of Topliss-reactive ketones (excluding diaryl/α,β-unsaturated/α-hetero) is 1. The Balaban J connectivity index is 1.45. The lowest BCUT2D eigenvalue weighted by Crippen LogP contribution is -2.42. The average molecular weight is 397 g/mol. The highest BCUT2D eigenvalue weighted by molar-refractivity contribution is 6.03. The second kappa shape index (κ2) is 8.15. The Kier molecular flexibility index (Phi) is 5.59. The largest absolute Gasteiger partial charge is 0.493 e. The van der Waals surface area contributed by atoms with E-state index in [1.54, 1.807) is 26.4 Å². The molecule has 1 saturated heterocycles. The molecule has 1 heterocycles. The van der Waals surface area contributed by atoms with Gasteiger partial charge in [0.05, 0.1) is 14.2 Å². The number of hydrogen-bond donors (Lipinski definition) is 0. The van der Waals surface area contributed by atoms with E-state index in [4.69, 9.17) is 9.47 Å². The molecule has 29 heavy (non-hydrogen) atoms. The monoisotopic (exact) mass is 397 g/mol. The van der Waals surface area contributed by atoms with Crippen molar-refractivity contribution in [3.63, 3.8) is 0 Å². The summed E-state index contributed by atoms with van der Waals surface area (Å²) < 4.78 is 24.3. The minimum absolute atomic E-state index is 0.0283. The molecule has 4 nitrogen and oxygen atoms in total. The van der Waals surface area contributed by atoms with Crippen LogP contribution < -0.4 is 9.47 Å². The normalized spacial score (nSPS) is 24.4. The molecule has 0 radical (unpaired) electrons. The molecular formula is C24H28FNO3. The van der Waals surface area contributed by atoms with Crippen molar-refractivity contribution in [1.29, 1.82) is 0 Å². The van der Waals surface area contributed by atoms with Crippen LogP contribution in [0.15, 0.2) is 36.4 Å². The fourth-order valence-corrected chi connectivity index (χ4v) is 4.96. The molecule has 0 bridgehead atoms. The first kappa shape index (κ1) is 19.9. The molecule has 3 unspecified atom stereocenters. The van der Waals surface area contributed by atoms with Gasteiger partial charge in [0.2, 0.25) is 0 Å². The molecule has 1 fully saturated rings. The van der Waals surface area contributed by atoms with Gasteiger partial charge in [0, 0.05) is 24.1 Å². The molecule has 0 amide bonds. The van der Waals surface area contributed by atoms with Crippen molar-refractivity contribution >= 4 is 5.78 Å². The van der Waals surface area contributed by atoms with Crippen molar-refractivity contribution in [2.24, 2.45) is 11.8 Å². The van der Waals surface area contributed by atoms with Crippen LogP contribution in [0.5, 0.6) is 11.5 Å². The molecule has 1 aliphatic carbocycles. The molecule has 0 saturated carbocycles. The van der Waals surface area contributed by atoms with Crippen LogP contribution in [0.4, 0.5) is 4.39 Å². The van der Waals surface area contributed by atoms with E-state index in [0.717, 1.165) is 49.0 Å². The number of hydrogen-bond acceptors (Lipinski definition) is 4. The molecule has 4 rings (SSSR count). The summed E-state index contributed by atoms with van der Waals surface area (Å²) in [7, 11) is 3.21. The third-order valence-electron chi connectivity index (χ3n) is 6.55. The number of methoxy groups -OCH3 is 2. The van der Waals surface area contributed by atoms with Gasteiger partial charge in [0.25, 0.3) is 0 Å². The maximum atomic E-state index is 13.5. The van der Waals surface area contributed by atoms with Crippen LogP contribution in [0.25, 0.3) is 0 Å². The maximum Gasteiger partial charge on any atom is 0.166 e. The van der Waals surface area contributed by atoms with Gasteiger partial charge < -0.3 is 9.47 Å². The first-order valence-electron chi connectivity index (χ1n) is 10.3. The first-order valence-corrected chi connectivity index (χ1v) is 10.3. The van der Waals surface area contributed by atoms with E-state index < -0.39 is 0 Å². The fourth-order valence-electron chi connectivity index (χ4n) is 4.96. The quantitative estimate of drug-likeness (QED) is 0.745. The maximum absolute atomic E-state index is 13.5. The summed E-state index contributed by atoms with van der Waals surface area (Å²) in [6.07, 6.45) is 2.74. The van der Waals surface area contributed by atoms with Gasteiger partial charge in [-0.2, -0.15) is 0 Å². The van der Waals surface area contributed by atoms with Crippen molar-refractivity contribution in [3.05, 3.63) is 58.9 Å². The number of likely N-dealkylation sites (tertiary alicyclic amines) is 1. The summed E-state index contributed by atoms with van der Waals surface area (Å²) >= 11 is 0. The van der Waals surface area contributed by atoms with Crippen molar-refractivity contribution in [3.8, 4) is 11.5 Å². The lowest BCUT2D eigenvalue weighted by molar-refractivity contribution is 0.0701. The van der Waals surface area contributed by atoms with Gasteiger partial charge in [0.1, 0.15) is 5.82 Å². The Hall–Kier alpha value is -2.40. The molecule has 0 aromatic heterocycles. The van der Waals surface area contributed by atoms with Crippen molar-refractivity contribution in [2.45, 2.75) is 38.8 Å². The van der Waals surface area contributed by atoms with Crippen LogP contribution in [-0.2, 0) is 13.0 Å². The number of carbonyl (C=O) groups excluding carboxylic acids is 1. The van der Waals surface area contributed by atoms with E-state index in [0.29, 0.717) is 23.5 Å². The highest BCUT2D eigenvalue weighted by Crippen LogP contribution is 2.42. The number of piperidine rings is 1. The summed E-state index contributed by atoms with van der Waals surface area (Å²) in [6, 6.07) is 11.0. The van der Waals surface area contributed by atoms with Crippen LogP contribution in [0.1, 0.15) is 41.3 Å². The Morgan fingerprint density at radius 2 is 1.90 bits per heavy atom. The lowest BCUT2D eigenvalue weighted by Gasteiger charge is -2.39. The van der Waals surface area contributed by atoms with E-state index in [-0.39, 0.29) is 17.5 Å². The van der Waals surface area contributed by atoms with E-state index >= 15 is 0 Å². The van der Waals surface area contributed by atoms with Gasteiger partial charge in [-0.3, -0.25) is 9.69 Å². The SMILES string of the molecule is COc1cc2c(cc1OC)C(=O)C(C1CCN(Cc3cccc(F)c3)C(C)C1)C2. The average Bonchev–Trinajstić information content (AvgIpc) is 3.04. The second-order valence-electron chi connectivity index (χ2n) is 8.27. The molecular weight excluding hydrogens is 369 g/mol. The molecule has 1 aliphatic heterocycles. The van der Waals surface area contributed by atoms with Crippen LogP contribution >= 0.6 is 0 Å². The summed E-state index contributed by atoms with van der Waals surface area (Å²) in [6.45, 7) is 3.89. The number of nitrogens with zero attached hydrogens (tertiary/aromatic N) is 1. The van der Waals surface area contributed by atoms with Gasteiger partial charge >= 0.3 is 0 Å². The van der Waals surface area contributed by atoms with E-state index in [1.807, 2.05) is 18.2 Å². The number of carbonyl (C=O) groups is 1. The van der Waals surface area contributed by atoms with Crippen molar-refractivity contribution in [2.75, 3.05) is 20.8 Å². The predicted octanol–water partition coefficient (Wildman–Crippen LogP) is 4.50. The molecule has 2 aromatic rings. The van der Waals surface area contributed by atoms with Crippen LogP contribution in [0, 0.1) is 17.7 Å². The molecule has 0 N–H and O–H groups in total. The molecule has 2 aromatic carbocycles. The topological polar surface area (TPSA) is 38.8 Å². The molecule has 0 spiro atoms. The van der Waals surface area contributed by atoms with Gasteiger partial charge in [-0.05, 0) is 74.0 Å². The molecule has 3 atom stereocenters. The second-order valence-corrected chi connectivity index (χ2v) is 8.27. The summed E-state index contributed by atoms with van der Waals surface area (Å²) in [5, 5.41) is 0. The molecule has 154 valence electrons. The van der Waals surface area contributed by atoms with Gasteiger partial charge in [-0.25, -0.2) is 4.39 Å². The fraction of sp³-hybridized carbons (Fsp3) is 0.458. The van der Waals surface area contributed by atoms with Crippen LogP contribution in [0.3, 0.4) is 0 Å². The number of halogens is 1. The minimum atomic E-state index is -0.190. The Morgan fingerprint density at radius 1 is 1.14 bits per heavy atom. The smallest absolute Gasteiger partial charge is 0.166 e. The Bertz CT molecular complexity index is 913. The number of rotatable bonds is 5. The number of benzene rings is 2. The van der Waals surface area contributed by atoms with Crippen LogP contribution in [0.2, 0.25) is 0 Å². The van der Waals surface area contributed by atoms with Gasteiger partial charge in [-0.15, -0.1) is 0 Å². The van der Waals surface area contributed by atoms with Gasteiger partial charge in [-0.1, -0.05) is 12.1 Å². The Labute approximate surface area is 171 Å². The summed E-state index contributed by atoms with van der Waals surface area (Å²) in [4.78, 5) is 15.5. The van der Waals surface area contributed by atoms with E-state index in [2.05, 4.69) is 11.8 Å². The molecule has 2 aliphatic rings. The highest BCUT2D eigenvalue weighted by Gasteiger charge is 2.40. The van der Waals surface area contributed by atoms with Crippen molar-refractivity contribution < 1.29 is 18.7 Å². The lowest BCUT2D eigenvalue weighted by atomic mass is 9.79. The zero-order chi connectivity index (χ0) is 20.5.